The molecular formula is C31H36F2N2O11. The van der Waals surface area contributed by atoms with Crippen molar-refractivity contribution >= 4 is 29.8 Å². The fourth-order valence-corrected chi connectivity index (χ4v) is 4.24. The molecule has 0 saturated carbocycles. The number of hydrogen-bond donors (Lipinski definition) is 1. The van der Waals surface area contributed by atoms with E-state index in [1.165, 1.54) is 26.3 Å². The van der Waals surface area contributed by atoms with Gasteiger partial charge in [0.15, 0.2) is 29.3 Å². The van der Waals surface area contributed by atoms with Gasteiger partial charge in [0.1, 0.15) is 30.3 Å². The van der Waals surface area contributed by atoms with Gasteiger partial charge in [-0.15, -0.1) is 0 Å². The molecule has 1 amide bonds. The third kappa shape index (κ3) is 9.11. The second-order valence-electron chi connectivity index (χ2n) is 11.0. The number of cyclic esters (lactones) is 2. The maximum absolute atomic E-state index is 14.6. The molecule has 15 heteroatoms. The van der Waals surface area contributed by atoms with Crippen LogP contribution in [0.4, 0.5) is 8.78 Å². The number of aromatic nitrogens is 1. The van der Waals surface area contributed by atoms with E-state index in [4.69, 9.17) is 28.4 Å². The lowest BCUT2D eigenvalue weighted by atomic mass is 9.90. The van der Waals surface area contributed by atoms with Crippen molar-refractivity contribution in [3.05, 3.63) is 53.4 Å². The van der Waals surface area contributed by atoms with Crippen LogP contribution in [0.3, 0.4) is 0 Å². The van der Waals surface area contributed by atoms with E-state index >= 15 is 0 Å². The van der Waals surface area contributed by atoms with Gasteiger partial charge in [0.2, 0.25) is 6.79 Å². The summed E-state index contributed by atoms with van der Waals surface area (Å²) >= 11 is 0. The monoisotopic (exact) mass is 650 g/mol. The highest BCUT2D eigenvalue weighted by molar-refractivity contribution is 5.98. The fourth-order valence-electron chi connectivity index (χ4n) is 4.24. The standard InChI is InChI=1S/C31H36F2N2O11/c1-15(2)28(37)44-14-43-26-23(41-6)9-10-34-24(26)27(36)35-22-13-42-30(39)20(11-18-7-8-19(32)12-21(18)33)25(17(5)45-31(22)40)46-29(38)16(3)4/h7-10,12,15-17,20,22,25H,11,13-14H2,1-6H3,(H,35,36)/t17-,20+,22-,25-/m0/s1. The van der Waals surface area contributed by atoms with Crippen LogP contribution in [0.2, 0.25) is 0 Å². The molecule has 4 atom stereocenters. The number of nitrogens with zero attached hydrogens (tertiary/aromatic N) is 1. The number of carbonyl (C=O) groups excluding carboxylic acids is 5. The van der Waals surface area contributed by atoms with Gasteiger partial charge in [0.25, 0.3) is 5.91 Å². The second kappa shape index (κ2) is 16.0. The number of rotatable bonds is 11. The predicted octanol–water partition coefficient (Wildman–Crippen LogP) is 2.92. The molecule has 1 aliphatic rings. The molecule has 0 bridgehead atoms. The van der Waals surface area contributed by atoms with Gasteiger partial charge in [-0.25, -0.2) is 18.6 Å². The maximum atomic E-state index is 14.6. The van der Waals surface area contributed by atoms with E-state index in [2.05, 4.69) is 10.3 Å². The molecule has 1 N–H and O–H groups in total. The normalized spacial score (nSPS) is 20.0. The quantitative estimate of drug-likeness (QED) is 0.215. The molecule has 1 aliphatic heterocycles. The van der Waals surface area contributed by atoms with Crippen LogP contribution in [-0.4, -0.2) is 73.5 Å². The van der Waals surface area contributed by atoms with Crippen molar-refractivity contribution in [1.29, 1.82) is 0 Å². The van der Waals surface area contributed by atoms with Crippen LogP contribution >= 0.6 is 0 Å². The Bertz CT molecular complexity index is 1450. The molecule has 2 heterocycles. The molecule has 2 aromatic rings. The van der Waals surface area contributed by atoms with Crippen molar-refractivity contribution < 1.29 is 61.2 Å². The number of benzene rings is 1. The van der Waals surface area contributed by atoms with Crippen LogP contribution in [0.15, 0.2) is 30.5 Å². The predicted molar refractivity (Wildman–Crippen MR) is 153 cm³/mol. The number of hydrogen-bond acceptors (Lipinski definition) is 12. The Balaban J connectivity index is 1.88. The van der Waals surface area contributed by atoms with Crippen LogP contribution in [0.5, 0.6) is 11.5 Å². The first-order chi connectivity index (χ1) is 21.7. The Morgan fingerprint density at radius 2 is 1.74 bits per heavy atom. The third-order valence-electron chi connectivity index (χ3n) is 6.80. The topological polar surface area (TPSA) is 166 Å². The molecule has 0 unspecified atom stereocenters. The molecule has 0 spiro atoms. The minimum absolute atomic E-state index is 0.0588. The summed E-state index contributed by atoms with van der Waals surface area (Å²) in [5.41, 5.74) is -0.437. The van der Waals surface area contributed by atoms with Crippen molar-refractivity contribution in [3.8, 4) is 11.5 Å². The van der Waals surface area contributed by atoms with E-state index in [0.29, 0.717) is 6.07 Å². The van der Waals surface area contributed by atoms with Crippen molar-refractivity contribution in [3.63, 3.8) is 0 Å². The molecule has 1 saturated heterocycles. The maximum Gasteiger partial charge on any atom is 0.332 e. The molecule has 1 aromatic heterocycles. The molecule has 46 heavy (non-hydrogen) atoms. The van der Waals surface area contributed by atoms with Crippen LogP contribution < -0.4 is 14.8 Å². The zero-order chi connectivity index (χ0) is 34.1. The van der Waals surface area contributed by atoms with E-state index in [1.54, 1.807) is 27.7 Å². The highest BCUT2D eigenvalue weighted by Crippen LogP contribution is 2.30. The SMILES string of the molecule is COc1ccnc(C(=O)N[C@H]2COC(=O)[C@H](Cc3ccc(F)cc3F)[C@@H](OC(=O)C(C)C)[C@H](C)OC2=O)c1OCOC(=O)C(C)C. The first-order valence-electron chi connectivity index (χ1n) is 14.4. The average molecular weight is 651 g/mol. The molecule has 1 aromatic carbocycles. The summed E-state index contributed by atoms with van der Waals surface area (Å²) in [6.45, 7) is 6.39. The van der Waals surface area contributed by atoms with E-state index in [1.807, 2.05) is 0 Å². The highest BCUT2D eigenvalue weighted by Gasteiger charge is 2.42. The van der Waals surface area contributed by atoms with Crippen LogP contribution in [0.25, 0.3) is 0 Å². The minimum atomic E-state index is -1.58. The first-order valence-corrected chi connectivity index (χ1v) is 14.4. The first kappa shape index (κ1) is 35.7. The number of esters is 4. The van der Waals surface area contributed by atoms with Gasteiger partial charge in [0, 0.05) is 18.3 Å². The molecule has 0 radical (unpaired) electrons. The van der Waals surface area contributed by atoms with Gasteiger partial charge in [-0.2, -0.15) is 0 Å². The van der Waals surface area contributed by atoms with E-state index in [-0.39, 0.29) is 22.8 Å². The minimum Gasteiger partial charge on any atom is -0.493 e. The molecule has 250 valence electrons. The third-order valence-corrected chi connectivity index (χ3v) is 6.80. The van der Waals surface area contributed by atoms with E-state index in [9.17, 15) is 32.8 Å². The van der Waals surface area contributed by atoms with E-state index in [0.717, 1.165) is 12.1 Å². The molecule has 3 rings (SSSR count). The van der Waals surface area contributed by atoms with Gasteiger partial charge in [0.05, 0.1) is 18.9 Å². The Morgan fingerprint density at radius 3 is 2.37 bits per heavy atom. The van der Waals surface area contributed by atoms with Crippen molar-refractivity contribution in [2.75, 3.05) is 20.5 Å². The van der Waals surface area contributed by atoms with Crippen LogP contribution in [0.1, 0.15) is 50.7 Å². The van der Waals surface area contributed by atoms with E-state index < -0.39 is 97.2 Å². The Labute approximate surface area is 263 Å². The largest absolute Gasteiger partial charge is 0.493 e. The van der Waals surface area contributed by atoms with Crippen molar-refractivity contribution in [1.82, 2.24) is 10.3 Å². The number of methoxy groups -OCH3 is 1. The Hall–Kier alpha value is -4.82. The van der Waals surface area contributed by atoms with Gasteiger partial charge < -0.3 is 33.7 Å². The highest BCUT2D eigenvalue weighted by atomic mass is 19.1. The van der Waals surface area contributed by atoms with Gasteiger partial charge in [-0.05, 0) is 25.0 Å². The molecule has 1 fully saturated rings. The number of amides is 1. The molecule has 0 aliphatic carbocycles. The summed E-state index contributed by atoms with van der Waals surface area (Å²) in [5, 5.41) is 2.38. The van der Waals surface area contributed by atoms with Gasteiger partial charge in [-0.3, -0.25) is 19.2 Å². The Morgan fingerprint density at radius 1 is 1.04 bits per heavy atom. The summed E-state index contributed by atoms with van der Waals surface area (Å²) in [7, 11) is 1.30. The summed E-state index contributed by atoms with van der Waals surface area (Å²) in [6.07, 6.45) is -1.87. The number of carbonyl (C=O) groups is 5. The van der Waals surface area contributed by atoms with Gasteiger partial charge >= 0.3 is 23.9 Å². The average Bonchev–Trinajstić information content (AvgIpc) is 3.03. The van der Waals surface area contributed by atoms with Crippen LogP contribution in [-0.2, 0) is 44.5 Å². The smallest absolute Gasteiger partial charge is 0.332 e. The Kier molecular flexibility index (Phi) is 12.4. The van der Waals surface area contributed by atoms with Crippen LogP contribution in [0, 0.1) is 29.4 Å². The van der Waals surface area contributed by atoms with Crippen molar-refractivity contribution in [2.45, 2.75) is 59.3 Å². The summed E-state index contributed by atoms with van der Waals surface area (Å²) in [5.74, 6) is -8.69. The lowest BCUT2D eigenvalue weighted by Gasteiger charge is -2.29. The van der Waals surface area contributed by atoms with Crippen molar-refractivity contribution in [2.24, 2.45) is 17.8 Å². The zero-order valence-electron chi connectivity index (χ0n) is 26.2. The second-order valence-corrected chi connectivity index (χ2v) is 11.0. The summed E-state index contributed by atoms with van der Waals surface area (Å²) < 4.78 is 60.3. The summed E-state index contributed by atoms with van der Waals surface area (Å²) in [4.78, 5) is 68.4. The molecular weight excluding hydrogens is 614 g/mol. The summed E-state index contributed by atoms with van der Waals surface area (Å²) in [6, 6.07) is 2.58. The number of halogens is 2. The molecule has 13 nitrogen and oxygen atoms in total. The lowest BCUT2D eigenvalue weighted by Crippen LogP contribution is -2.47. The van der Waals surface area contributed by atoms with Gasteiger partial charge in [-0.1, -0.05) is 33.8 Å². The lowest BCUT2D eigenvalue weighted by molar-refractivity contribution is -0.176. The number of ether oxygens (including phenoxy) is 6. The zero-order valence-corrected chi connectivity index (χ0v) is 26.2. The number of nitrogens with one attached hydrogen (secondary N) is 1. The number of pyridine rings is 1. The fraction of sp³-hybridized carbons (Fsp3) is 0.484.